The van der Waals surface area contributed by atoms with Crippen LogP contribution >= 0.6 is 0 Å². The van der Waals surface area contributed by atoms with Gasteiger partial charge in [-0.2, -0.15) is 0 Å². The molecule has 0 bridgehead atoms. The van der Waals surface area contributed by atoms with E-state index in [1.165, 1.54) is 12.5 Å². The van der Waals surface area contributed by atoms with Crippen LogP contribution in [0.2, 0.25) is 0 Å². The number of carboxylic acids is 1. The summed E-state index contributed by atoms with van der Waals surface area (Å²) in [5, 5.41) is 17.0. The van der Waals surface area contributed by atoms with Gasteiger partial charge in [0.15, 0.2) is 0 Å². The van der Waals surface area contributed by atoms with Crippen molar-refractivity contribution in [1.29, 1.82) is 0 Å². The fourth-order valence-electron chi connectivity index (χ4n) is 4.07. The predicted octanol–water partition coefficient (Wildman–Crippen LogP) is -0.821. The highest BCUT2D eigenvalue weighted by atomic mass is 16.4. The number of amides is 4. The molecule has 3 rings (SSSR count). The number of hydrogen-bond donors (Lipinski definition) is 7. The number of H-pyrrole nitrogens is 1. The third-order valence-corrected chi connectivity index (χ3v) is 6.18. The van der Waals surface area contributed by atoms with Gasteiger partial charge in [0.25, 0.3) is 0 Å². The largest absolute Gasteiger partial charge is 0.480 e. The smallest absolute Gasteiger partial charge is 0.326 e. The summed E-state index contributed by atoms with van der Waals surface area (Å²) in [6.07, 6.45) is 2.43. The minimum absolute atomic E-state index is 0.0833. The zero-order valence-corrected chi connectivity index (χ0v) is 22.2. The number of benzene rings is 2. The van der Waals surface area contributed by atoms with Gasteiger partial charge in [0.05, 0.1) is 18.8 Å². The minimum Gasteiger partial charge on any atom is -0.480 e. The van der Waals surface area contributed by atoms with E-state index in [9.17, 15) is 29.1 Å². The van der Waals surface area contributed by atoms with Gasteiger partial charge >= 0.3 is 5.97 Å². The van der Waals surface area contributed by atoms with E-state index in [-0.39, 0.29) is 19.3 Å². The molecule has 41 heavy (non-hydrogen) atoms. The van der Waals surface area contributed by atoms with Crippen molar-refractivity contribution in [2.24, 2.45) is 11.5 Å². The zero-order valence-electron chi connectivity index (χ0n) is 22.2. The lowest BCUT2D eigenvalue weighted by Crippen LogP contribution is -2.58. The number of hydrogen-bond acceptors (Lipinski definition) is 7. The summed E-state index contributed by atoms with van der Waals surface area (Å²) in [6, 6.07) is 13.2. The standard InChI is InChI=1S/C28H33N7O6/c29-20(11-17-7-3-1-4-8-17)25(37)33-21(12-18-9-5-2-6-10-18)26(38)34-22(13-19-15-31-16-32-19)27(39)35-23(28(40)41)14-24(30)36/h1-10,15-16,20-23H,11-14,29H2,(H2,30,36)(H,31,32)(H,33,37)(H,34,38)(H,35,39)(H,40,41). The van der Waals surface area contributed by atoms with Crippen LogP contribution in [0.5, 0.6) is 0 Å². The van der Waals surface area contributed by atoms with Gasteiger partial charge < -0.3 is 37.5 Å². The van der Waals surface area contributed by atoms with Crippen LogP contribution in [0.3, 0.4) is 0 Å². The van der Waals surface area contributed by atoms with Crippen LogP contribution in [-0.2, 0) is 43.2 Å². The highest BCUT2D eigenvalue weighted by Gasteiger charge is 2.31. The Morgan fingerprint density at radius 3 is 1.78 bits per heavy atom. The molecule has 1 heterocycles. The van der Waals surface area contributed by atoms with Crippen LogP contribution in [0.15, 0.2) is 73.2 Å². The lowest BCUT2D eigenvalue weighted by Gasteiger charge is -2.25. The molecule has 0 aliphatic heterocycles. The molecule has 1 aromatic heterocycles. The van der Waals surface area contributed by atoms with E-state index < -0.39 is 60.2 Å². The molecule has 2 aromatic carbocycles. The molecule has 4 unspecified atom stereocenters. The molecule has 0 saturated heterocycles. The number of aliphatic carboxylic acids is 1. The summed E-state index contributed by atoms with van der Waals surface area (Å²) in [6.45, 7) is 0. The van der Waals surface area contributed by atoms with E-state index in [1.807, 2.05) is 36.4 Å². The van der Waals surface area contributed by atoms with Crippen molar-refractivity contribution >= 4 is 29.6 Å². The average molecular weight is 564 g/mol. The Hall–Kier alpha value is -5.04. The van der Waals surface area contributed by atoms with E-state index in [2.05, 4.69) is 25.9 Å². The SMILES string of the molecule is NC(=O)CC(NC(=O)C(Cc1cnc[nH]1)NC(=O)C(Cc1ccccc1)NC(=O)C(N)Cc1ccccc1)C(=O)O. The second-order valence-corrected chi connectivity index (χ2v) is 9.46. The van der Waals surface area contributed by atoms with E-state index >= 15 is 0 Å². The fourth-order valence-corrected chi connectivity index (χ4v) is 4.07. The molecule has 0 fully saturated rings. The number of rotatable bonds is 15. The molecule has 0 aliphatic carbocycles. The topological polar surface area (TPSA) is 222 Å². The maximum Gasteiger partial charge on any atom is 0.326 e. The number of nitrogens with one attached hydrogen (secondary N) is 4. The minimum atomic E-state index is -1.60. The summed E-state index contributed by atoms with van der Waals surface area (Å²) < 4.78 is 0. The Morgan fingerprint density at radius 1 is 0.756 bits per heavy atom. The molecule has 0 saturated carbocycles. The molecule has 9 N–H and O–H groups in total. The summed E-state index contributed by atoms with van der Waals surface area (Å²) >= 11 is 0. The molecule has 13 nitrogen and oxygen atoms in total. The lowest BCUT2D eigenvalue weighted by atomic mass is 10.0. The van der Waals surface area contributed by atoms with Crippen molar-refractivity contribution in [2.45, 2.75) is 49.9 Å². The van der Waals surface area contributed by atoms with Gasteiger partial charge in [0, 0.05) is 24.7 Å². The number of nitrogens with zero attached hydrogens (tertiary/aromatic N) is 1. The van der Waals surface area contributed by atoms with Crippen LogP contribution in [0.25, 0.3) is 0 Å². The van der Waals surface area contributed by atoms with Crippen LogP contribution in [0, 0.1) is 0 Å². The Kier molecular flexibility index (Phi) is 11.1. The van der Waals surface area contributed by atoms with Crippen LogP contribution in [0.1, 0.15) is 23.2 Å². The highest BCUT2D eigenvalue weighted by molar-refractivity contribution is 5.95. The lowest BCUT2D eigenvalue weighted by molar-refractivity contribution is -0.143. The van der Waals surface area contributed by atoms with Gasteiger partial charge in [0.1, 0.15) is 18.1 Å². The number of nitrogens with two attached hydrogens (primary N) is 2. The molecule has 4 amide bonds. The monoisotopic (exact) mass is 563 g/mol. The zero-order chi connectivity index (χ0) is 29.8. The number of carbonyl (C=O) groups excluding carboxylic acids is 4. The Bertz CT molecular complexity index is 1320. The second-order valence-electron chi connectivity index (χ2n) is 9.46. The fraction of sp³-hybridized carbons (Fsp3) is 0.286. The van der Waals surface area contributed by atoms with Gasteiger partial charge in [-0.25, -0.2) is 9.78 Å². The predicted molar refractivity (Wildman–Crippen MR) is 148 cm³/mol. The number of aromatic nitrogens is 2. The molecule has 216 valence electrons. The van der Waals surface area contributed by atoms with Crippen LogP contribution in [0.4, 0.5) is 0 Å². The normalized spacial score (nSPS) is 13.7. The molecule has 0 radical (unpaired) electrons. The van der Waals surface area contributed by atoms with Crippen molar-refractivity contribution in [3.63, 3.8) is 0 Å². The molecule has 0 spiro atoms. The van der Waals surface area contributed by atoms with E-state index in [4.69, 9.17) is 11.5 Å². The number of carbonyl (C=O) groups is 5. The first-order valence-electron chi connectivity index (χ1n) is 12.8. The van der Waals surface area contributed by atoms with Crippen molar-refractivity contribution in [3.05, 3.63) is 90.0 Å². The third kappa shape index (κ3) is 9.89. The second kappa shape index (κ2) is 14.9. The van der Waals surface area contributed by atoms with Crippen LogP contribution < -0.4 is 27.4 Å². The first-order chi connectivity index (χ1) is 19.6. The number of primary amides is 1. The number of imidazole rings is 1. The number of carboxylic acid groups (broad SMARTS) is 1. The van der Waals surface area contributed by atoms with E-state index in [0.29, 0.717) is 5.69 Å². The van der Waals surface area contributed by atoms with Crippen LogP contribution in [-0.4, -0.2) is 68.8 Å². The highest BCUT2D eigenvalue weighted by Crippen LogP contribution is 2.08. The third-order valence-electron chi connectivity index (χ3n) is 6.18. The van der Waals surface area contributed by atoms with Gasteiger partial charge in [0.2, 0.25) is 23.6 Å². The Balaban J connectivity index is 1.80. The summed E-state index contributed by atoms with van der Waals surface area (Å²) in [5.74, 6) is -4.52. The van der Waals surface area contributed by atoms with Gasteiger partial charge in [-0.1, -0.05) is 60.7 Å². The Morgan fingerprint density at radius 2 is 1.27 bits per heavy atom. The summed E-state index contributed by atoms with van der Waals surface area (Å²) in [7, 11) is 0. The van der Waals surface area contributed by atoms with E-state index in [0.717, 1.165) is 11.1 Å². The first-order valence-corrected chi connectivity index (χ1v) is 12.8. The molecule has 3 aromatic rings. The van der Waals surface area contributed by atoms with Crippen molar-refractivity contribution in [2.75, 3.05) is 0 Å². The average Bonchev–Trinajstić information content (AvgIpc) is 3.46. The maximum atomic E-state index is 13.5. The maximum absolute atomic E-state index is 13.5. The number of aromatic amines is 1. The van der Waals surface area contributed by atoms with Crippen molar-refractivity contribution < 1.29 is 29.1 Å². The molecule has 13 heteroatoms. The quantitative estimate of drug-likeness (QED) is 0.123. The molecular weight excluding hydrogens is 530 g/mol. The van der Waals surface area contributed by atoms with Crippen molar-refractivity contribution in [3.8, 4) is 0 Å². The van der Waals surface area contributed by atoms with Gasteiger partial charge in [-0.3, -0.25) is 19.2 Å². The summed E-state index contributed by atoms with van der Waals surface area (Å²) in [4.78, 5) is 69.3. The molecule has 0 aliphatic rings. The van der Waals surface area contributed by atoms with Gasteiger partial charge in [-0.15, -0.1) is 0 Å². The summed E-state index contributed by atoms with van der Waals surface area (Å²) in [5.41, 5.74) is 13.3. The first kappa shape index (κ1) is 30.5. The molecular formula is C28H33N7O6. The van der Waals surface area contributed by atoms with Crippen molar-refractivity contribution in [1.82, 2.24) is 25.9 Å². The van der Waals surface area contributed by atoms with Gasteiger partial charge in [-0.05, 0) is 17.5 Å². The van der Waals surface area contributed by atoms with E-state index in [1.54, 1.807) is 24.3 Å². The Labute approximate surface area is 236 Å². The molecule has 4 atom stereocenters.